The van der Waals surface area contributed by atoms with Gasteiger partial charge in [-0.3, -0.25) is 14.3 Å². The molecule has 0 amide bonds. The highest BCUT2D eigenvalue weighted by molar-refractivity contribution is 6.32. The number of carboxylic acids is 1. The van der Waals surface area contributed by atoms with Crippen molar-refractivity contribution in [1.29, 1.82) is 0 Å². The maximum atomic E-state index is 12.1. The maximum absolute atomic E-state index is 12.1. The van der Waals surface area contributed by atoms with Gasteiger partial charge in [0.25, 0.3) is 0 Å². The number of aryl methyl sites for hydroxylation is 1. The largest absolute Gasteiger partial charge is 0.483 e. The molecule has 0 aliphatic carbocycles. The summed E-state index contributed by atoms with van der Waals surface area (Å²) >= 11 is 6.32. The molecule has 1 N–H and O–H groups in total. The van der Waals surface area contributed by atoms with Crippen LogP contribution >= 0.6 is 11.6 Å². The number of ether oxygens (including phenoxy) is 1. The van der Waals surface area contributed by atoms with E-state index in [0.29, 0.717) is 16.3 Å². The number of nitrogens with zero attached hydrogens (tertiary/aromatic N) is 2. The minimum absolute atomic E-state index is 0.0125. The molecular weight excluding hydrogens is 372 g/mol. The van der Waals surface area contributed by atoms with Gasteiger partial charge < -0.3 is 14.3 Å². The van der Waals surface area contributed by atoms with Crippen LogP contribution < -0.4 is 10.5 Å². The first-order valence-corrected chi connectivity index (χ1v) is 8.79. The molecule has 27 heavy (non-hydrogen) atoms. The number of carbonyl (C=O) groups is 1. The van der Waals surface area contributed by atoms with Crippen molar-refractivity contribution < 1.29 is 19.1 Å². The van der Waals surface area contributed by atoms with Crippen LogP contribution in [0.15, 0.2) is 39.7 Å². The Kier molecular flexibility index (Phi) is 5.23. The number of pyridine rings is 1. The van der Waals surface area contributed by atoms with Crippen LogP contribution in [0.4, 0.5) is 0 Å². The van der Waals surface area contributed by atoms with Crippen LogP contribution in [-0.4, -0.2) is 20.6 Å². The molecular formula is C19H19ClN2O5. The summed E-state index contributed by atoms with van der Waals surface area (Å²) in [5, 5.41) is 9.36. The minimum atomic E-state index is -0.998. The van der Waals surface area contributed by atoms with Crippen molar-refractivity contribution in [3.8, 4) is 5.75 Å². The highest BCUT2D eigenvalue weighted by Gasteiger charge is 2.19. The smallest absolute Gasteiger partial charge is 0.419 e. The number of rotatable bonds is 6. The first-order valence-electron chi connectivity index (χ1n) is 8.41. The number of carboxylic acid groups (broad SMARTS) is 1. The Morgan fingerprint density at radius 1 is 1.37 bits per heavy atom. The van der Waals surface area contributed by atoms with E-state index in [1.165, 1.54) is 17.6 Å². The Morgan fingerprint density at radius 2 is 2.11 bits per heavy atom. The summed E-state index contributed by atoms with van der Waals surface area (Å²) in [5.74, 6) is -2.03. The van der Waals surface area contributed by atoms with Crippen molar-refractivity contribution in [3.05, 3.63) is 57.3 Å². The molecule has 2 heterocycles. The molecule has 0 radical (unpaired) electrons. The zero-order valence-electron chi connectivity index (χ0n) is 15.1. The molecule has 0 aliphatic heterocycles. The first-order chi connectivity index (χ1) is 12.8. The fraction of sp³-hybridized carbons (Fsp3) is 0.316. The number of benzene rings is 1. The zero-order chi connectivity index (χ0) is 19.7. The van der Waals surface area contributed by atoms with Gasteiger partial charge in [0.1, 0.15) is 11.9 Å². The van der Waals surface area contributed by atoms with E-state index in [2.05, 4.69) is 4.98 Å². The van der Waals surface area contributed by atoms with Crippen LogP contribution in [0.1, 0.15) is 31.2 Å². The van der Waals surface area contributed by atoms with Gasteiger partial charge in [0.05, 0.1) is 22.2 Å². The monoisotopic (exact) mass is 390 g/mol. The van der Waals surface area contributed by atoms with E-state index in [-0.39, 0.29) is 18.2 Å². The Bertz CT molecular complexity index is 1040. The van der Waals surface area contributed by atoms with Gasteiger partial charge in [0, 0.05) is 18.8 Å². The van der Waals surface area contributed by atoms with E-state index >= 15 is 0 Å². The summed E-state index contributed by atoms with van der Waals surface area (Å²) in [4.78, 5) is 27.5. The van der Waals surface area contributed by atoms with Gasteiger partial charge in [0.2, 0.25) is 0 Å². The molecule has 7 nitrogen and oxygen atoms in total. The fourth-order valence-electron chi connectivity index (χ4n) is 2.65. The number of hydrogen-bond donors (Lipinski definition) is 1. The number of halogens is 1. The van der Waals surface area contributed by atoms with Gasteiger partial charge in [-0.2, -0.15) is 0 Å². The number of aromatic nitrogens is 2. The van der Waals surface area contributed by atoms with Crippen LogP contribution in [0.3, 0.4) is 0 Å². The lowest BCUT2D eigenvalue weighted by Gasteiger charge is -2.15. The molecule has 0 saturated heterocycles. The molecule has 1 aromatic carbocycles. The molecule has 0 saturated carbocycles. The first kappa shape index (κ1) is 19.0. The molecule has 2 aromatic heterocycles. The van der Waals surface area contributed by atoms with E-state index in [1.807, 2.05) is 26.0 Å². The van der Waals surface area contributed by atoms with E-state index in [4.69, 9.17) is 25.9 Å². The highest BCUT2D eigenvalue weighted by atomic mass is 35.5. The molecule has 142 valence electrons. The van der Waals surface area contributed by atoms with Gasteiger partial charge in [-0.15, -0.1) is 0 Å². The summed E-state index contributed by atoms with van der Waals surface area (Å²) in [6.07, 6.45) is 1.39. The second-order valence-corrected chi connectivity index (χ2v) is 6.90. The number of aliphatic carboxylic acids is 1. The van der Waals surface area contributed by atoms with E-state index in [9.17, 15) is 9.59 Å². The molecule has 0 fully saturated rings. The van der Waals surface area contributed by atoms with Gasteiger partial charge in [0.15, 0.2) is 5.58 Å². The standard InChI is InChI=1S/C19H19ClN2O5/c1-10-4-5-14(21-8-10)12(3)26-16-7-17-15(6-13(16)20)22(19(25)27-17)9-11(2)18(23)24/h4-8,11-12H,9H2,1-3H3,(H,23,24)/t11?,12-/m0/s1. The summed E-state index contributed by atoms with van der Waals surface area (Å²) in [7, 11) is 0. The Morgan fingerprint density at radius 3 is 2.74 bits per heavy atom. The topological polar surface area (TPSA) is 94.6 Å². The lowest BCUT2D eigenvalue weighted by Crippen LogP contribution is -2.23. The lowest BCUT2D eigenvalue weighted by atomic mass is 10.2. The lowest BCUT2D eigenvalue weighted by molar-refractivity contribution is -0.141. The fourth-order valence-corrected chi connectivity index (χ4v) is 2.85. The van der Waals surface area contributed by atoms with Crippen molar-refractivity contribution in [1.82, 2.24) is 9.55 Å². The highest BCUT2D eigenvalue weighted by Crippen LogP contribution is 2.33. The molecule has 3 rings (SSSR count). The zero-order valence-corrected chi connectivity index (χ0v) is 15.9. The predicted molar refractivity (Wildman–Crippen MR) is 100 cm³/mol. The van der Waals surface area contributed by atoms with Crippen molar-refractivity contribution >= 4 is 28.7 Å². The molecule has 3 aromatic rings. The van der Waals surface area contributed by atoms with Crippen LogP contribution in [-0.2, 0) is 11.3 Å². The Labute approximate surface area is 160 Å². The molecule has 1 unspecified atom stereocenters. The van der Waals surface area contributed by atoms with Gasteiger partial charge >= 0.3 is 11.7 Å². The second kappa shape index (κ2) is 7.44. The van der Waals surface area contributed by atoms with Crippen LogP contribution in [0.5, 0.6) is 5.75 Å². The number of oxazole rings is 1. The van der Waals surface area contributed by atoms with Crippen LogP contribution in [0, 0.1) is 12.8 Å². The molecule has 8 heteroatoms. The molecule has 2 atom stereocenters. The SMILES string of the molecule is Cc1ccc([C@H](C)Oc2cc3oc(=O)n(CC(C)C(=O)O)c3cc2Cl)nc1. The third-order valence-corrected chi connectivity index (χ3v) is 4.55. The van der Waals surface area contributed by atoms with E-state index in [1.54, 1.807) is 12.3 Å². The Balaban J connectivity index is 1.92. The quantitative estimate of drug-likeness (QED) is 0.687. The number of fused-ring (bicyclic) bond motifs is 1. The van der Waals surface area contributed by atoms with Crippen molar-refractivity contribution in [2.45, 2.75) is 33.4 Å². The molecule has 0 aliphatic rings. The summed E-state index contributed by atoms with van der Waals surface area (Å²) in [6, 6.07) is 6.89. The second-order valence-electron chi connectivity index (χ2n) is 6.49. The van der Waals surface area contributed by atoms with Gasteiger partial charge in [-0.25, -0.2) is 4.79 Å². The average molecular weight is 391 g/mol. The van der Waals surface area contributed by atoms with Gasteiger partial charge in [-0.05, 0) is 31.5 Å². The molecule has 0 spiro atoms. The number of hydrogen-bond acceptors (Lipinski definition) is 5. The van der Waals surface area contributed by atoms with Crippen molar-refractivity contribution in [2.75, 3.05) is 0 Å². The summed E-state index contributed by atoms with van der Waals surface area (Å²) < 4.78 is 12.4. The Hall–Kier alpha value is -2.80. The third-order valence-electron chi connectivity index (χ3n) is 4.25. The minimum Gasteiger partial charge on any atom is -0.483 e. The van der Waals surface area contributed by atoms with Crippen molar-refractivity contribution in [3.63, 3.8) is 0 Å². The summed E-state index contributed by atoms with van der Waals surface area (Å²) in [5.41, 5.74) is 2.49. The van der Waals surface area contributed by atoms with Gasteiger partial charge in [-0.1, -0.05) is 24.6 Å². The third kappa shape index (κ3) is 3.98. The predicted octanol–water partition coefficient (Wildman–Crippen LogP) is 3.81. The van der Waals surface area contributed by atoms with E-state index in [0.717, 1.165) is 11.3 Å². The van der Waals surface area contributed by atoms with E-state index < -0.39 is 17.6 Å². The summed E-state index contributed by atoms with van der Waals surface area (Å²) in [6.45, 7) is 5.30. The van der Waals surface area contributed by atoms with Crippen LogP contribution in [0.2, 0.25) is 5.02 Å². The average Bonchev–Trinajstić information content (AvgIpc) is 2.90. The normalized spacial score (nSPS) is 13.5. The van der Waals surface area contributed by atoms with Crippen molar-refractivity contribution in [2.24, 2.45) is 5.92 Å². The molecule has 0 bridgehead atoms. The van der Waals surface area contributed by atoms with Crippen LogP contribution in [0.25, 0.3) is 11.1 Å². The maximum Gasteiger partial charge on any atom is 0.419 e.